The van der Waals surface area contributed by atoms with Crippen LogP contribution in [0, 0.1) is 0 Å². The number of imide groups is 1. The Morgan fingerprint density at radius 3 is 2.49 bits per heavy atom. The lowest BCUT2D eigenvalue weighted by molar-refractivity contribution is -0.134. The van der Waals surface area contributed by atoms with Gasteiger partial charge in [0.1, 0.15) is 30.1 Å². The fraction of sp³-hybridized carbons (Fsp3) is 0.406. The maximum Gasteiger partial charge on any atom is 0.325 e. The van der Waals surface area contributed by atoms with Crippen LogP contribution in [0.2, 0.25) is 0 Å². The van der Waals surface area contributed by atoms with Crippen LogP contribution in [0.25, 0.3) is 0 Å². The number of rotatable bonds is 12. The van der Waals surface area contributed by atoms with Gasteiger partial charge >= 0.3 is 6.03 Å². The van der Waals surface area contributed by atoms with Crippen molar-refractivity contribution in [2.75, 3.05) is 31.6 Å². The molecule has 1 unspecified atom stereocenters. The molecule has 226 valence electrons. The highest BCUT2D eigenvalue weighted by Crippen LogP contribution is 2.32. The highest BCUT2D eigenvalue weighted by molar-refractivity contribution is 7.14. The highest BCUT2D eigenvalue weighted by Gasteiger charge is 2.47. The Hall–Kier alpha value is -4.09. The molecule has 0 radical (unpaired) electrons. The van der Waals surface area contributed by atoms with Gasteiger partial charge in [0.05, 0.1) is 0 Å². The summed E-state index contributed by atoms with van der Waals surface area (Å²) in [6.45, 7) is 7.20. The van der Waals surface area contributed by atoms with E-state index in [9.17, 15) is 19.2 Å². The number of Topliss-reactive ketones (excluding diaryl/α,β-unsaturated/α-hetero) is 1. The van der Waals surface area contributed by atoms with E-state index in [4.69, 9.17) is 4.74 Å². The van der Waals surface area contributed by atoms with Crippen LogP contribution in [0.15, 0.2) is 60.0 Å². The summed E-state index contributed by atoms with van der Waals surface area (Å²) in [5.41, 5.74) is 1.65. The van der Waals surface area contributed by atoms with Gasteiger partial charge in [0, 0.05) is 24.3 Å². The van der Waals surface area contributed by atoms with Gasteiger partial charge in [-0.2, -0.15) is 0 Å². The number of likely N-dealkylation sites (tertiary alicyclic amines) is 1. The van der Waals surface area contributed by atoms with Crippen molar-refractivity contribution in [1.82, 2.24) is 20.1 Å². The Labute approximate surface area is 255 Å². The first-order valence-corrected chi connectivity index (χ1v) is 15.7. The Morgan fingerprint density at radius 2 is 1.79 bits per heavy atom. The van der Waals surface area contributed by atoms with Crippen LogP contribution in [0.3, 0.4) is 0 Å². The van der Waals surface area contributed by atoms with E-state index in [0.29, 0.717) is 24.3 Å². The number of nitrogens with one attached hydrogen (secondary N) is 2. The molecule has 3 atom stereocenters. The summed E-state index contributed by atoms with van der Waals surface area (Å²) in [5, 5.41) is 7.31. The van der Waals surface area contributed by atoms with E-state index in [0.717, 1.165) is 41.4 Å². The van der Waals surface area contributed by atoms with Crippen molar-refractivity contribution in [3.05, 3.63) is 76.8 Å². The van der Waals surface area contributed by atoms with Crippen molar-refractivity contribution in [1.29, 1.82) is 0 Å². The summed E-state index contributed by atoms with van der Waals surface area (Å²) < 4.78 is 5.92. The minimum atomic E-state index is -1.16. The van der Waals surface area contributed by atoms with E-state index in [1.807, 2.05) is 30.3 Å². The van der Waals surface area contributed by atoms with E-state index in [1.165, 1.54) is 19.3 Å². The van der Waals surface area contributed by atoms with Crippen molar-refractivity contribution < 1.29 is 23.9 Å². The first kappa shape index (κ1) is 30.4. The number of benzene rings is 2. The van der Waals surface area contributed by atoms with Crippen molar-refractivity contribution in [2.45, 2.75) is 57.5 Å². The number of piperidine rings is 1. The molecule has 4 amide bonds. The monoisotopic (exact) mass is 603 g/mol. The Kier molecular flexibility index (Phi) is 9.83. The number of ether oxygens (including phenoxy) is 1. The summed E-state index contributed by atoms with van der Waals surface area (Å²) >= 11 is 1.12. The molecule has 2 saturated heterocycles. The smallest absolute Gasteiger partial charge is 0.325 e. The average Bonchev–Trinajstić information content (AvgIpc) is 3.62. The van der Waals surface area contributed by atoms with Gasteiger partial charge in [-0.25, -0.2) is 14.7 Å². The molecular weight excluding hydrogens is 566 g/mol. The molecule has 10 nitrogen and oxygen atoms in total. The summed E-state index contributed by atoms with van der Waals surface area (Å²) in [6, 6.07) is 13.6. The average molecular weight is 604 g/mol. The molecule has 2 aliphatic heterocycles. The van der Waals surface area contributed by atoms with Crippen LogP contribution < -0.4 is 15.4 Å². The molecule has 5 rings (SSSR count). The molecule has 2 aliphatic rings. The topological polar surface area (TPSA) is 121 Å². The van der Waals surface area contributed by atoms with E-state index in [1.54, 1.807) is 43.5 Å². The van der Waals surface area contributed by atoms with Gasteiger partial charge in [-0.3, -0.25) is 19.3 Å². The fourth-order valence-corrected chi connectivity index (χ4v) is 6.26. The number of carbonyl (C=O) groups excluding carboxylic acids is 4. The molecule has 0 bridgehead atoms. The van der Waals surface area contributed by atoms with Gasteiger partial charge in [-0.15, -0.1) is 11.3 Å². The van der Waals surface area contributed by atoms with E-state index < -0.39 is 35.8 Å². The zero-order valence-electron chi connectivity index (χ0n) is 24.5. The fourth-order valence-electron chi connectivity index (χ4n) is 5.54. The molecule has 0 spiro atoms. The van der Waals surface area contributed by atoms with Crippen LogP contribution >= 0.6 is 11.3 Å². The SMILES string of the molecule is CCC(=O)c1csc(NC(=O)[C@H]([C@@H](C)c2ccccc2)N2C(=O)NC(c3ccc(OCCN4CCCCC4)cc3)C2=O)n1. The molecule has 43 heavy (non-hydrogen) atoms. The van der Waals surface area contributed by atoms with Crippen LogP contribution in [-0.2, 0) is 9.59 Å². The Morgan fingerprint density at radius 1 is 1.07 bits per heavy atom. The Bertz CT molecular complexity index is 1440. The number of nitrogens with zero attached hydrogens (tertiary/aromatic N) is 3. The van der Waals surface area contributed by atoms with Crippen LogP contribution in [-0.4, -0.2) is 70.7 Å². The van der Waals surface area contributed by atoms with Gasteiger partial charge in [-0.05, 0) is 49.2 Å². The molecule has 0 saturated carbocycles. The lowest BCUT2D eigenvalue weighted by Gasteiger charge is -2.29. The quantitative estimate of drug-likeness (QED) is 0.221. The number of aromatic nitrogens is 1. The zero-order chi connectivity index (χ0) is 30.3. The van der Waals surface area contributed by atoms with E-state index >= 15 is 0 Å². The minimum absolute atomic E-state index is 0.138. The van der Waals surface area contributed by atoms with Crippen molar-refractivity contribution in [3.8, 4) is 5.75 Å². The second-order valence-electron chi connectivity index (χ2n) is 10.9. The number of anilines is 1. The molecule has 2 fully saturated rings. The number of amides is 4. The number of thiazole rings is 1. The first-order valence-electron chi connectivity index (χ1n) is 14.8. The van der Waals surface area contributed by atoms with Crippen LogP contribution in [0.5, 0.6) is 5.75 Å². The predicted octanol–water partition coefficient (Wildman–Crippen LogP) is 5.00. The third kappa shape index (κ3) is 7.11. The maximum atomic E-state index is 13.8. The molecule has 0 aliphatic carbocycles. The van der Waals surface area contributed by atoms with Gasteiger partial charge in [0.2, 0.25) is 5.91 Å². The van der Waals surface area contributed by atoms with Gasteiger partial charge in [-0.1, -0.05) is 62.7 Å². The second-order valence-corrected chi connectivity index (χ2v) is 11.7. The lowest BCUT2D eigenvalue weighted by Crippen LogP contribution is -2.50. The molecule has 3 heterocycles. The maximum absolute atomic E-state index is 13.8. The largest absolute Gasteiger partial charge is 0.492 e. The molecule has 2 aromatic carbocycles. The minimum Gasteiger partial charge on any atom is -0.492 e. The third-order valence-electron chi connectivity index (χ3n) is 8.00. The summed E-state index contributed by atoms with van der Waals surface area (Å²) in [7, 11) is 0. The van der Waals surface area contributed by atoms with Crippen molar-refractivity contribution in [2.24, 2.45) is 0 Å². The predicted molar refractivity (Wildman–Crippen MR) is 164 cm³/mol. The van der Waals surface area contributed by atoms with E-state index in [2.05, 4.69) is 20.5 Å². The Balaban J connectivity index is 1.31. The van der Waals surface area contributed by atoms with Crippen LogP contribution in [0.4, 0.5) is 9.93 Å². The molecule has 1 aromatic heterocycles. The number of ketones is 1. The third-order valence-corrected chi connectivity index (χ3v) is 8.75. The van der Waals surface area contributed by atoms with Gasteiger partial charge < -0.3 is 15.4 Å². The van der Waals surface area contributed by atoms with Crippen LogP contribution in [0.1, 0.15) is 73.1 Å². The van der Waals surface area contributed by atoms with Crippen molar-refractivity contribution in [3.63, 3.8) is 0 Å². The second kappa shape index (κ2) is 13.9. The normalized spacial score (nSPS) is 18.7. The lowest BCUT2D eigenvalue weighted by atomic mass is 9.91. The molecular formula is C32H37N5O5S. The van der Waals surface area contributed by atoms with E-state index in [-0.39, 0.29) is 16.6 Å². The standard InChI is InChI=1S/C32H37N5O5S/c1-3-26(38)25-20-43-31(33-25)35-29(39)28(21(2)22-10-6-4-7-11-22)37-30(40)27(34-32(37)41)23-12-14-24(15-13-23)42-19-18-36-16-8-5-9-17-36/h4,6-7,10-15,20-21,27-28H,3,5,8-9,16-19H2,1-2H3,(H,34,41)(H,33,35,39)/t21-,27?,28-/m0/s1. The summed E-state index contributed by atoms with van der Waals surface area (Å²) in [6.07, 6.45) is 4.04. The zero-order valence-corrected chi connectivity index (χ0v) is 25.3. The number of urea groups is 1. The van der Waals surface area contributed by atoms with Crippen molar-refractivity contribution >= 4 is 40.1 Å². The summed E-state index contributed by atoms with van der Waals surface area (Å²) in [5.74, 6) is -1.06. The molecule has 2 N–H and O–H groups in total. The number of hydrogen-bond acceptors (Lipinski definition) is 8. The number of hydrogen-bond donors (Lipinski definition) is 2. The van der Waals surface area contributed by atoms with Gasteiger partial charge in [0.15, 0.2) is 10.9 Å². The number of carbonyl (C=O) groups is 4. The molecule has 11 heteroatoms. The highest BCUT2D eigenvalue weighted by atomic mass is 32.1. The summed E-state index contributed by atoms with van der Waals surface area (Å²) in [4.78, 5) is 60.5. The first-order chi connectivity index (χ1) is 20.9. The van der Waals surface area contributed by atoms with Gasteiger partial charge in [0.25, 0.3) is 5.91 Å². The molecule has 3 aromatic rings.